The summed E-state index contributed by atoms with van der Waals surface area (Å²) in [7, 11) is 0. The zero-order valence-corrected chi connectivity index (χ0v) is 11.3. The summed E-state index contributed by atoms with van der Waals surface area (Å²) in [6, 6.07) is 11.7. The Morgan fingerprint density at radius 2 is 2.00 bits per heavy atom. The Bertz CT molecular complexity index is 734. The summed E-state index contributed by atoms with van der Waals surface area (Å²) < 4.78 is 1.14. The molecule has 0 unspecified atom stereocenters. The topological polar surface area (TPSA) is 38.9 Å². The molecule has 0 aliphatic heterocycles. The smallest absolute Gasteiger partial charge is 0.124 e. The number of anilines is 1. The van der Waals surface area contributed by atoms with E-state index in [0.29, 0.717) is 5.02 Å². The zero-order chi connectivity index (χ0) is 12.7. The summed E-state index contributed by atoms with van der Waals surface area (Å²) in [6.45, 7) is 2.05. The number of fused-ring (bicyclic) bond motifs is 1. The number of nitrogens with zero attached hydrogens (tertiary/aromatic N) is 1. The SMILES string of the molecule is Cc1cc(N)ccc1-c1nc2cc(Cl)ccc2s1. The second-order valence-corrected chi connectivity index (χ2v) is 5.67. The van der Waals surface area contributed by atoms with E-state index in [9.17, 15) is 0 Å². The summed E-state index contributed by atoms with van der Waals surface area (Å²) in [5.41, 5.74) is 9.75. The van der Waals surface area contributed by atoms with Gasteiger partial charge in [-0.15, -0.1) is 11.3 Å². The molecule has 0 saturated heterocycles. The first-order valence-electron chi connectivity index (χ1n) is 5.56. The molecule has 0 spiro atoms. The van der Waals surface area contributed by atoms with Gasteiger partial charge in [-0.1, -0.05) is 11.6 Å². The van der Waals surface area contributed by atoms with Crippen LogP contribution in [-0.2, 0) is 0 Å². The van der Waals surface area contributed by atoms with Crippen LogP contribution in [0.25, 0.3) is 20.8 Å². The average molecular weight is 275 g/mol. The fourth-order valence-electron chi connectivity index (χ4n) is 1.94. The number of thiazole rings is 1. The molecule has 2 nitrogen and oxygen atoms in total. The van der Waals surface area contributed by atoms with Crippen molar-refractivity contribution < 1.29 is 0 Å². The van der Waals surface area contributed by atoms with Crippen molar-refractivity contribution in [1.29, 1.82) is 0 Å². The first kappa shape index (κ1) is 11.5. The van der Waals surface area contributed by atoms with Crippen LogP contribution in [0, 0.1) is 6.92 Å². The highest BCUT2D eigenvalue weighted by Gasteiger charge is 2.09. The maximum absolute atomic E-state index is 5.97. The molecule has 4 heteroatoms. The standard InChI is InChI=1S/C14H11ClN2S/c1-8-6-10(16)3-4-11(8)14-17-12-7-9(15)2-5-13(12)18-14/h2-7H,16H2,1H3. The van der Waals surface area contributed by atoms with Gasteiger partial charge in [0.25, 0.3) is 0 Å². The van der Waals surface area contributed by atoms with E-state index in [0.717, 1.165) is 32.0 Å². The number of benzene rings is 2. The summed E-state index contributed by atoms with van der Waals surface area (Å²) in [5.74, 6) is 0. The molecule has 0 radical (unpaired) electrons. The van der Waals surface area contributed by atoms with Crippen LogP contribution in [0.1, 0.15) is 5.56 Å². The van der Waals surface area contributed by atoms with E-state index in [1.54, 1.807) is 11.3 Å². The van der Waals surface area contributed by atoms with E-state index < -0.39 is 0 Å². The normalized spacial score (nSPS) is 11.0. The molecule has 0 amide bonds. The third-order valence-corrected chi connectivity index (χ3v) is 4.14. The number of rotatable bonds is 1. The minimum Gasteiger partial charge on any atom is -0.399 e. The Morgan fingerprint density at radius 1 is 1.17 bits per heavy atom. The Kier molecular flexibility index (Phi) is 2.73. The molecule has 3 rings (SSSR count). The number of hydrogen-bond donors (Lipinski definition) is 1. The Balaban J connectivity index is 2.19. The van der Waals surface area contributed by atoms with Crippen molar-refractivity contribution in [1.82, 2.24) is 4.98 Å². The molecule has 1 aromatic heterocycles. The van der Waals surface area contributed by atoms with Crippen molar-refractivity contribution in [2.75, 3.05) is 5.73 Å². The van der Waals surface area contributed by atoms with Gasteiger partial charge in [0, 0.05) is 16.3 Å². The first-order valence-corrected chi connectivity index (χ1v) is 6.75. The largest absolute Gasteiger partial charge is 0.399 e. The number of nitrogens with two attached hydrogens (primary N) is 1. The van der Waals surface area contributed by atoms with Crippen LogP contribution in [0.4, 0.5) is 5.69 Å². The van der Waals surface area contributed by atoms with Crippen molar-refractivity contribution in [3.05, 3.63) is 47.0 Å². The van der Waals surface area contributed by atoms with E-state index in [-0.39, 0.29) is 0 Å². The molecule has 3 aromatic rings. The van der Waals surface area contributed by atoms with Crippen molar-refractivity contribution >= 4 is 38.8 Å². The van der Waals surface area contributed by atoms with Crippen molar-refractivity contribution in [3.63, 3.8) is 0 Å². The van der Waals surface area contributed by atoms with Crippen LogP contribution in [0.3, 0.4) is 0 Å². The summed E-state index contributed by atoms with van der Waals surface area (Å²) in [4.78, 5) is 4.63. The molecule has 18 heavy (non-hydrogen) atoms. The molecule has 0 aliphatic carbocycles. The van der Waals surface area contributed by atoms with Crippen LogP contribution in [0.5, 0.6) is 0 Å². The molecular weight excluding hydrogens is 264 g/mol. The summed E-state index contributed by atoms with van der Waals surface area (Å²) in [5, 5.41) is 1.72. The number of aromatic nitrogens is 1. The molecule has 0 bridgehead atoms. The third-order valence-electron chi connectivity index (χ3n) is 2.83. The third kappa shape index (κ3) is 1.96. The van der Waals surface area contributed by atoms with Gasteiger partial charge in [0.1, 0.15) is 5.01 Å². The Labute approximate surface area is 114 Å². The van der Waals surface area contributed by atoms with Crippen LogP contribution >= 0.6 is 22.9 Å². The molecule has 0 saturated carbocycles. The van der Waals surface area contributed by atoms with E-state index in [1.807, 2.05) is 43.3 Å². The number of hydrogen-bond acceptors (Lipinski definition) is 3. The predicted molar refractivity (Wildman–Crippen MR) is 79.2 cm³/mol. The molecular formula is C14H11ClN2S. The molecule has 0 atom stereocenters. The maximum atomic E-state index is 5.97. The highest BCUT2D eigenvalue weighted by atomic mass is 35.5. The average Bonchev–Trinajstić information content (AvgIpc) is 2.71. The van der Waals surface area contributed by atoms with Crippen LogP contribution in [0.2, 0.25) is 5.02 Å². The Hall–Kier alpha value is -1.58. The van der Waals surface area contributed by atoms with Gasteiger partial charge in [0.05, 0.1) is 10.2 Å². The fourth-order valence-corrected chi connectivity index (χ4v) is 3.15. The van der Waals surface area contributed by atoms with Crippen LogP contribution < -0.4 is 5.73 Å². The molecule has 2 N–H and O–H groups in total. The lowest BCUT2D eigenvalue weighted by molar-refractivity contribution is 1.41. The molecule has 2 aromatic carbocycles. The van der Waals surface area contributed by atoms with Crippen molar-refractivity contribution in [2.24, 2.45) is 0 Å². The van der Waals surface area contributed by atoms with Gasteiger partial charge in [-0.25, -0.2) is 4.98 Å². The van der Waals surface area contributed by atoms with Gasteiger partial charge in [-0.2, -0.15) is 0 Å². The second kappa shape index (κ2) is 4.26. The van der Waals surface area contributed by atoms with Gasteiger partial charge >= 0.3 is 0 Å². The van der Waals surface area contributed by atoms with Crippen LogP contribution in [0.15, 0.2) is 36.4 Å². The lowest BCUT2D eigenvalue weighted by Crippen LogP contribution is -1.87. The van der Waals surface area contributed by atoms with Gasteiger partial charge in [0.15, 0.2) is 0 Å². The van der Waals surface area contributed by atoms with Crippen LogP contribution in [-0.4, -0.2) is 4.98 Å². The van der Waals surface area contributed by atoms with E-state index in [4.69, 9.17) is 17.3 Å². The molecule has 0 aliphatic rings. The maximum Gasteiger partial charge on any atom is 0.124 e. The first-order chi connectivity index (χ1) is 8.63. The predicted octanol–water partition coefficient (Wildman–Crippen LogP) is 4.51. The lowest BCUT2D eigenvalue weighted by atomic mass is 10.1. The number of aryl methyl sites for hydroxylation is 1. The summed E-state index contributed by atoms with van der Waals surface area (Å²) >= 11 is 7.64. The summed E-state index contributed by atoms with van der Waals surface area (Å²) in [6.07, 6.45) is 0. The van der Waals surface area contributed by atoms with E-state index >= 15 is 0 Å². The monoisotopic (exact) mass is 274 g/mol. The van der Waals surface area contributed by atoms with E-state index in [1.165, 1.54) is 0 Å². The Morgan fingerprint density at radius 3 is 2.78 bits per heavy atom. The quantitative estimate of drug-likeness (QED) is 0.663. The molecule has 90 valence electrons. The van der Waals surface area contributed by atoms with Gasteiger partial charge < -0.3 is 5.73 Å². The van der Waals surface area contributed by atoms with Gasteiger partial charge in [-0.05, 0) is 48.9 Å². The fraction of sp³-hybridized carbons (Fsp3) is 0.0714. The minimum atomic E-state index is 0.716. The van der Waals surface area contributed by atoms with Gasteiger partial charge in [-0.3, -0.25) is 0 Å². The van der Waals surface area contributed by atoms with E-state index in [2.05, 4.69) is 4.98 Å². The molecule has 0 fully saturated rings. The zero-order valence-electron chi connectivity index (χ0n) is 9.77. The lowest BCUT2D eigenvalue weighted by Gasteiger charge is -2.02. The number of nitrogen functional groups attached to an aromatic ring is 1. The second-order valence-electron chi connectivity index (χ2n) is 4.21. The van der Waals surface area contributed by atoms with Crippen molar-refractivity contribution in [2.45, 2.75) is 6.92 Å². The van der Waals surface area contributed by atoms with Crippen molar-refractivity contribution in [3.8, 4) is 10.6 Å². The highest BCUT2D eigenvalue weighted by Crippen LogP contribution is 2.33. The van der Waals surface area contributed by atoms with Gasteiger partial charge in [0.2, 0.25) is 0 Å². The highest BCUT2D eigenvalue weighted by molar-refractivity contribution is 7.21. The molecule has 1 heterocycles. The number of halogens is 1. The minimum absolute atomic E-state index is 0.716.